The van der Waals surface area contributed by atoms with Gasteiger partial charge in [-0.25, -0.2) is 0 Å². The van der Waals surface area contributed by atoms with Gasteiger partial charge in [0, 0.05) is 0 Å². The molecular weight excluding hydrogens is 335 g/mol. The quantitative estimate of drug-likeness (QED) is 0.242. The standard InChI is InChI=1S/C20H40OSe/c1-4-6-8-10-11-12-13-14-16-18-20(22-3)19(21)17-15-9-7-5-2/h18-19,21H,4-17H2,1-3H3/b20-18-. The van der Waals surface area contributed by atoms with Crippen LogP contribution in [0.4, 0.5) is 0 Å². The summed E-state index contributed by atoms with van der Waals surface area (Å²) in [5, 5.41) is 10.3. The Balaban J connectivity index is 3.64. The van der Waals surface area contributed by atoms with E-state index in [1.54, 1.807) is 0 Å². The number of aliphatic hydroxyl groups is 1. The van der Waals surface area contributed by atoms with Crippen molar-refractivity contribution in [3.05, 3.63) is 10.5 Å². The topological polar surface area (TPSA) is 20.2 Å². The van der Waals surface area contributed by atoms with E-state index in [0.717, 1.165) is 6.42 Å². The second-order valence-corrected chi connectivity index (χ2v) is 8.28. The molecule has 0 saturated carbocycles. The molecule has 0 aliphatic carbocycles. The molecule has 0 aliphatic heterocycles. The number of rotatable bonds is 16. The van der Waals surface area contributed by atoms with Crippen molar-refractivity contribution >= 4 is 15.0 Å². The first kappa shape index (κ1) is 22.2. The van der Waals surface area contributed by atoms with E-state index in [1.807, 2.05) is 0 Å². The van der Waals surface area contributed by atoms with Crippen LogP contribution in [0.3, 0.4) is 0 Å². The summed E-state index contributed by atoms with van der Waals surface area (Å²) < 4.78 is 1.34. The van der Waals surface area contributed by atoms with Crippen LogP contribution in [0.15, 0.2) is 10.5 Å². The van der Waals surface area contributed by atoms with E-state index in [4.69, 9.17) is 0 Å². The molecule has 132 valence electrons. The van der Waals surface area contributed by atoms with Crippen molar-refractivity contribution in [1.82, 2.24) is 0 Å². The molecule has 2 heteroatoms. The minimum absolute atomic E-state index is 0.157. The van der Waals surface area contributed by atoms with Crippen LogP contribution >= 0.6 is 0 Å². The normalized spacial score (nSPS) is 13.5. The summed E-state index contributed by atoms with van der Waals surface area (Å²) in [4.78, 5) is 0. The number of allylic oxidation sites excluding steroid dienone is 1. The van der Waals surface area contributed by atoms with Gasteiger partial charge in [-0.1, -0.05) is 0 Å². The van der Waals surface area contributed by atoms with Gasteiger partial charge in [0.05, 0.1) is 0 Å². The Kier molecular flexibility index (Phi) is 17.7. The van der Waals surface area contributed by atoms with Crippen LogP contribution in [0.5, 0.6) is 0 Å². The molecule has 1 N–H and O–H groups in total. The van der Waals surface area contributed by atoms with E-state index < -0.39 is 0 Å². The van der Waals surface area contributed by atoms with Crippen LogP contribution in [-0.2, 0) is 0 Å². The predicted octanol–water partition coefficient (Wildman–Crippen LogP) is 6.48. The van der Waals surface area contributed by atoms with Gasteiger partial charge < -0.3 is 0 Å². The summed E-state index contributed by atoms with van der Waals surface area (Å²) in [6.45, 7) is 4.51. The third kappa shape index (κ3) is 13.9. The van der Waals surface area contributed by atoms with Gasteiger partial charge in [0.25, 0.3) is 0 Å². The molecule has 0 aliphatic rings. The predicted molar refractivity (Wildman–Crippen MR) is 102 cm³/mol. The monoisotopic (exact) mass is 376 g/mol. The van der Waals surface area contributed by atoms with Crippen molar-refractivity contribution in [2.24, 2.45) is 0 Å². The fourth-order valence-corrected chi connectivity index (χ4v) is 4.20. The zero-order valence-corrected chi connectivity index (χ0v) is 17.1. The fourth-order valence-electron chi connectivity index (χ4n) is 2.78. The number of hydrogen-bond donors (Lipinski definition) is 1. The molecule has 0 amide bonds. The first-order valence-electron chi connectivity index (χ1n) is 9.68. The van der Waals surface area contributed by atoms with Gasteiger partial charge in [0.2, 0.25) is 0 Å². The Hall–Kier alpha value is 0.219. The second kappa shape index (κ2) is 17.6. The van der Waals surface area contributed by atoms with Gasteiger partial charge in [0.15, 0.2) is 0 Å². The first-order chi connectivity index (χ1) is 10.8. The Morgan fingerprint density at radius 3 is 1.86 bits per heavy atom. The Morgan fingerprint density at radius 2 is 1.32 bits per heavy atom. The maximum absolute atomic E-state index is 10.3. The van der Waals surface area contributed by atoms with Gasteiger partial charge in [-0.05, 0) is 0 Å². The minimum atomic E-state index is -0.157. The second-order valence-electron chi connectivity index (χ2n) is 6.44. The number of unbranched alkanes of at least 4 members (excludes halogenated alkanes) is 11. The molecule has 0 aromatic rings. The van der Waals surface area contributed by atoms with Crippen molar-refractivity contribution in [2.45, 2.75) is 116 Å². The molecular formula is C20H40OSe. The molecule has 0 bridgehead atoms. The van der Waals surface area contributed by atoms with Gasteiger partial charge in [0.1, 0.15) is 0 Å². The molecule has 0 rings (SSSR count). The van der Waals surface area contributed by atoms with E-state index in [-0.39, 0.29) is 6.10 Å². The van der Waals surface area contributed by atoms with E-state index in [1.165, 1.54) is 87.9 Å². The summed E-state index contributed by atoms with van der Waals surface area (Å²) in [5.74, 6) is 2.24. The van der Waals surface area contributed by atoms with E-state index in [0.29, 0.717) is 15.0 Å². The van der Waals surface area contributed by atoms with Crippen LogP contribution in [-0.4, -0.2) is 26.2 Å². The van der Waals surface area contributed by atoms with Crippen molar-refractivity contribution < 1.29 is 5.11 Å². The van der Waals surface area contributed by atoms with Gasteiger partial charge in [-0.15, -0.1) is 0 Å². The maximum atomic E-state index is 10.3. The molecule has 0 radical (unpaired) electrons. The molecule has 1 nitrogen and oxygen atoms in total. The van der Waals surface area contributed by atoms with Gasteiger partial charge >= 0.3 is 146 Å². The fraction of sp³-hybridized carbons (Fsp3) is 0.900. The molecule has 0 aromatic heterocycles. The van der Waals surface area contributed by atoms with Crippen LogP contribution < -0.4 is 0 Å². The van der Waals surface area contributed by atoms with Crippen molar-refractivity contribution in [2.75, 3.05) is 0 Å². The zero-order valence-electron chi connectivity index (χ0n) is 15.4. The Morgan fingerprint density at radius 1 is 0.818 bits per heavy atom. The summed E-state index contributed by atoms with van der Waals surface area (Å²) in [5.41, 5.74) is 0. The Labute approximate surface area is 146 Å². The Bertz CT molecular complexity index is 250. The third-order valence-electron chi connectivity index (χ3n) is 4.30. The first-order valence-corrected chi connectivity index (χ1v) is 12.2. The van der Waals surface area contributed by atoms with Crippen molar-refractivity contribution in [3.8, 4) is 0 Å². The van der Waals surface area contributed by atoms with E-state index in [9.17, 15) is 5.11 Å². The van der Waals surface area contributed by atoms with Crippen molar-refractivity contribution in [3.63, 3.8) is 0 Å². The molecule has 0 saturated heterocycles. The molecule has 0 heterocycles. The van der Waals surface area contributed by atoms with Crippen LogP contribution in [0.1, 0.15) is 104 Å². The zero-order chi connectivity index (χ0) is 16.5. The summed E-state index contributed by atoms with van der Waals surface area (Å²) in [6, 6.07) is 0. The molecule has 1 atom stereocenters. The third-order valence-corrected chi connectivity index (χ3v) is 6.21. The molecule has 0 spiro atoms. The SMILES string of the molecule is CCCCCCCCCC/C=C(\[Se]C)C(O)CCCCCC. The summed E-state index contributed by atoms with van der Waals surface area (Å²) >= 11 is 0.463. The molecule has 0 fully saturated rings. The molecule has 0 aromatic carbocycles. The van der Waals surface area contributed by atoms with Crippen LogP contribution in [0.2, 0.25) is 5.82 Å². The molecule has 22 heavy (non-hydrogen) atoms. The van der Waals surface area contributed by atoms with Crippen LogP contribution in [0.25, 0.3) is 0 Å². The summed E-state index contributed by atoms with van der Waals surface area (Å²) in [7, 11) is 0. The van der Waals surface area contributed by atoms with Crippen molar-refractivity contribution in [1.29, 1.82) is 0 Å². The van der Waals surface area contributed by atoms with Gasteiger partial charge in [-0.2, -0.15) is 0 Å². The average Bonchev–Trinajstić information content (AvgIpc) is 2.53. The van der Waals surface area contributed by atoms with Gasteiger partial charge in [-0.3, -0.25) is 0 Å². The molecule has 1 unspecified atom stereocenters. The summed E-state index contributed by atoms with van der Waals surface area (Å²) in [6.07, 6.45) is 20.4. The number of hydrogen-bond acceptors (Lipinski definition) is 1. The van der Waals surface area contributed by atoms with Crippen LogP contribution in [0, 0.1) is 0 Å². The van der Waals surface area contributed by atoms with E-state index >= 15 is 0 Å². The van der Waals surface area contributed by atoms with E-state index in [2.05, 4.69) is 25.7 Å². The number of aliphatic hydroxyl groups excluding tert-OH is 1. The average molecular weight is 375 g/mol.